The molecule has 0 aromatic heterocycles. The van der Waals surface area contributed by atoms with Gasteiger partial charge in [-0.25, -0.2) is 0 Å². The fourth-order valence-corrected chi connectivity index (χ4v) is 2.92. The Balaban J connectivity index is 2.43. The van der Waals surface area contributed by atoms with Gasteiger partial charge in [0.15, 0.2) is 0 Å². The van der Waals surface area contributed by atoms with Crippen LogP contribution in [0.5, 0.6) is 0 Å². The Morgan fingerprint density at radius 3 is 2.39 bits per heavy atom. The van der Waals surface area contributed by atoms with E-state index in [2.05, 4.69) is 44.8 Å². The monoisotopic (exact) mass is 254 g/mol. The fraction of sp³-hybridized carbons (Fsp3) is 1.00. The number of rotatable bonds is 10. The summed E-state index contributed by atoms with van der Waals surface area (Å²) >= 11 is 0. The highest BCUT2D eigenvalue weighted by Gasteiger charge is 2.33. The standard InChI is InChI=1S/C16H34N2/c1-6-10-16(5,12-17-11-14(3)4)13-18(7-2)15-8-9-15/h14-15,17H,6-13H2,1-5H3. The Hall–Kier alpha value is -0.0800. The van der Waals surface area contributed by atoms with E-state index < -0.39 is 0 Å². The smallest absolute Gasteiger partial charge is 0.00965 e. The van der Waals surface area contributed by atoms with Crippen molar-refractivity contribution in [3.05, 3.63) is 0 Å². The number of hydrogen-bond donors (Lipinski definition) is 1. The average Bonchev–Trinajstić information content (AvgIpc) is 3.09. The molecular formula is C16H34N2. The van der Waals surface area contributed by atoms with Gasteiger partial charge >= 0.3 is 0 Å². The lowest BCUT2D eigenvalue weighted by atomic mass is 9.84. The van der Waals surface area contributed by atoms with Crippen molar-refractivity contribution in [2.75, 3.05) is 26.2 Å². The maximum atomic E-state index is 3.67. The van der Waals surface area contributed by atoms with Crippen molar-refractivity contribution in [2.45, 2.75) is 66.3 Å². The van der Waals surface area contributed by atoms with Crippen molar-refractivity contribution in [3.63, 3.8) is 0 Å². The van der Waals surface area contributed by atoms with Gasteiger partial charge in [0.05, 0.1) is 0 Å². The molecule has 0 amide bonds. The first-order chi connectivity index (χ1) is 8.50. The molecule has 1 N–H and O–H groups in total. The second kappa shape index (κ2) is 7.49. The van der Waals surface area contributed by atoms with Crippen LogP contribution >= 0.6 is 0 Å². The summed E-state index contributed by atoms with van der Waals surface area (Å²) in [5, 5.41) is 3.67. The van der Waals surface area contributed by atoms with Gasteiger partial charge in [0.2, 0.25) is 0 Å². The molecule has 0 spiro atoms. The molecule has 2 heteroatoms. The predicted octanol–water partition coefficient (Wildman–Crippen LogP) is 3.52. The molecule has 108 valence electrons. The van der Waals surface area contributed by atoms with Crippen LogP contribution in [-0.4, -0.2) is 37.1 Å². The Bertz CT molecular complexity index is 223. The lowest BCUT2D eigenvalue weighted by Crippen LogP contribution is -2.43. The second-order valence-electron chi connectivity index (χ2n) is 6.88. The third kappa shape index (κ3) is 5.71. The van der Waals surface area contributed by atoms with E-state index in [1.807, 2.05) is 0 Å². The lowest BCUT2D eigenvalue weighted by Gasteiger charge is -2.36. The van der Waals surface area contributed by atoms with Crippen molar-refractivity contribution in [1.82, 2.24) is 10.2 Å². The maximum absolute atomic E-state index is 3.67. The third-order valence-corrected chi connectivity index (χ3v) is 4.01. The molecule has 0 saturated heterocycles. The van der Waals surface area contributed by atoms with Gasteiger partial charge in [-0.1, -0.05) is 41.0 Å². The van der Waals surface area contributed by atoms with Crippen molar-refractivity contribution >= 4 is 0 Å². The summed E-state index contributed by atoms with van der Waals surface area (Å²) in [6, 6.07) is 0.899. The molecule has 0 heterocycles. The van der Waals surface area contributed by atoms with E-state index in [-0.39, 0.29) is 0 Å². The first-order valence-electron chi connectivity index (χ1n) is 7.95. The molecule has 1 atom stereocenters. The molecule has 1 fully saturated rings. The largest absolute Gasteiger partial charge is 0.316 e. The van der Waals surface area contributed by atoms with Crippen molar-refractivity contribution in [3.8, 4) is 0 Å². The highest BCUT2D eigenvalue weighted by Crippen LogP contribution is 2.32. The average molecular weight is 254 g/mol. The van der Waals surface area contributed by atoms with Crippen LogP contribution in [0, 0.1) is 11.3 Å². The first-order valence-corrected chi connectivity index (χ1v) is 7.95. The Morgan fingerprint density at radius 1 is 1.28 bits per heavy atom. The highest BCUT2D eigenvalue weighted by atomic mass is 15.2. The summed E-state index contributed by atoms with van der Waals surface area (Å²) in [5.41, 5.74) is 0.447. The molecule has 0 aromatic rings. The molecule has 0 radical (unpaired) electrons. The van der Waals surface area contributed by atoms with Crippen molar-refractivity contribution < 1.29 is 0 Å². The van der Waals surface area contributed by atoms with Gasteiger partial charge < -0.3 is 10.2 Å². The van der Waals surface area contributed by atoms with E-state index in [0.717, 1.165) is 18.5 Å². The molecule has 0 aliphatic heterocycles. The fourth-order valence-electron chi connectivity index (χ4n) is 2.92. The second-order valence-corrected chi connectivity index (χ2v) is 6.88. The minimum Gasteiger partial charge on any atom is -0.316 e. The van der Waals surface area contributed by atoms with Gasteiger partial charge in [-0.05, 0) is 43.7 Å². The van der Waals surface area contributed by atoms with Gasteiger partial charge in [0.1, 0.15) is 0 Å². The van der Waals surface area contributed by atoms with E-state index in [1.165, 1.54) is 45.3 Å². The van der Waals surface area contributed by atoms with E-state index in [1.54, 1.807) is 0 Å². The van der Waals surface area contributed by atoms with E-state index in [9.17, 15) is 0 Å². The topological polar surface area (TPSA) is 15.3 Å². The van der Waals surface area contributed by atoms with Crippen LogP contribution in [0.1, 0.15) is 60.3 Å². The van der Waals surface area contributed by atoms with Gasteiger partial charge in [-0.3, -0.25) is 0 Å². The zero-order chi connectivity index (χ0) is 13.6. The van der Waals surface area contributed by atoms with Gasteiger partial charge in [-0.15, -0.1) is 0 Å². The maximum Gasteiger partial charge on any atom is 0.00965 e. The first kappa shape index (κ1) is 16.0. The highest BCUT2D eigenvalue weighted by molar-refractivity contribution is 4.89. The van der Waals surface area contributed by atoms with Crippen LogP contribution in [0.15, 0.2) is 0 Å². The van der Waals surface area contributed by atoms with Gasteiger partial charge in [0, 0.05) is 19.1 Å². The number of nitrogens with zero attached hydrogens (tertiary/aromatic N) is 1. The van der Waals surface area contributed by atoms with Crippen LogP contribution in [0.25, 0.3) is 0 Å². The number of hydrogen-bond acceptors (Lipinski definition) is 2. The normalized spacial score (nSPS) is 19.5. The molecular weight excluding hydrogens is 220 g/mol. The summed E-state index contributed by atoms with van der Waals surface area (Å²) < 4.78 is 0. The summed E-state index contributed by atoms with van der Waals surface area (Å²) in [5.74, 6) is 0.751. The summed E-state index contributed by atoms with van der Waals surface area (Å²) in [7, 11) is 0. The Kier molecular flexibility index (Phi) is 6.65. The van der Waals surface area contributed by atoms with Crippen molar-refractivity contribution in [1.29, 1.82) is 0 Å². The summed E-state index contributed by atoms with van der Waals surface area (Å²) in [6.45, 7) is 16.5. The molecule has 1 unspecified atom stereocenters. The SMILES string of the molecule is CCCC(C)(CNCC(C)C)CN(CC)C1CC1. The van der Waals surface area contributed by atoms with Gasteiger partial charge in [0.25, 0.3) is 0 Å². The van der Waals surface area contributed by atoms with E-state index in [4.69, 9.17) is 0 Å². The van der Waals surface area contributed by atoms with Crippen LogP contribution in [0.4, 0.5) is 0 Å². The van der Waals surface area contributed by atoms with Crippen LogP contribution in [0.3, 0.4) is 0 Å². The zero-order valence-electron chi connectivity index (χ0n) is 13.3. The van der Waals surface area contributed by atoms with E-state index >= 15 is 0 Å². The number of nitrogens with one attached hydrogen (secondary N) is 1. The molecule has 1 saturated carbocycles. The zero-order valence-corrected chi connectivity index (χ0v) is 13.3. The summed E-state index contributed by atoms with van der Waals surface area (Å²) in [6.07, 6.45) is 5.48. The molecule has 1 aliphatic rings. The summed E-state index contributed by atoms with van der Waals surface area (Å²) in [4.78, 5) is 2.70. The molecule has 18 heavy (non-hydrogen) atoms. The molecule has 1 aliphatic carbocycles. The Morgan fingerprint density at radius 2 is 1.94 bits per heavy atom. The molecule has 2 nitrogen and oxygen atoms in total. The third-order valence-electron chi connectivity index (χ3n) is 4.01. The van der Waals surface area contributed by atoms with E-state index in [0.29, 0.717) is 5.41 Å². The van der Waals surface area contributed by atoms with Crippen LogP contribution in [-0.2, 0) is 0 Å². The predicted molar refractivity (Wildman–Crippen MR) is 81.0 cm³/mol. The van der Waals surface area contributed by atoms with Gasteiger partial charge in [-0.2, -0.15) is 0 Å². The lowest BCUT2D eigenvalue weighted by molar-refractivity contribution is 0.147. The quantitative estimate of drug-likeness (QED) is 0.641. The Labute approximate surface area is 115 Å². The minimum absolute atomic E-state index is 0.447. The van der Waals surface area contributed by atoms with Crippen molar-refractivity contribution in [2.24, 2.45) is 11.3 Å². The molecule has 0 bridgehead atoms. The molecule has 1 rings (SSSR count). The van der Waals surface area contributed by atoms with Crippen LogP contribution < -0.4 is 5.32 Å². The van der Waals surface area contributed by atoms with Crippen LogP contribution in [0.2, 0.25) is 0 Å². The minimum atomic E-state index is 0.447. The molecule has 0 aromatic carbocycles.